The van der Waals surface area contributed by atoms with E-state index >= 15 is 0 Å². The van der Waals surface area contributed by atoms with Gasteiger partial charge in [0.15, 0.2) is 23.5 Å². The molecule has 0 aliphatic carbocycles. The average Bonchev–Trinajstić information content (AvgIpc) is 3.52. The van der Waals surface area contributed by atoms with Gasteiger partial charge in [0.2, 0.25) is 0 Å². The van der Waals surface area contributed by atoms with Crippen LogP contribution in [0.3, 0.4) is 0 Å². The predicted octanol–water partition coefficient (Wildman–Crippen LogP) is 5.85. The number of halogens is 1. The van der Waals surface area contributed by atoms with Crippen molar-refractivity contribution in [2.75, 3.05) is 5.75 Å². The van der Waals surface area contributed by atoms with Crippen LogP contribution in [0.25, 0.3) is 0 Å². The molecule has 32 heavy (non-hydrogen) atoms. The van der Waals surface area contributed by atoms with E-state index in [0.29, 0.717) is 5.56 Å². The number of thioether (sulfide) groups is 1. The maximum Gasteiger partial charge on any atom is 0.277 e. The largest absolute Gasteiger partial charge is 0.478 e. The Bertz CT molecular complexity index is 1220. The highest BCUT2D eigenvalue weighted by atomic mass is 32.2. The molecule has 6 nitrogen and oxygen atoms in total. The zero-order valence-electron chi connectivity index (χ0n) is 17.9. The predicted molar refractivity (Wildman–Crippen MR) is 122 cm³/mol. The number of benzene rings is 1. The second kappa shape index (κ2) is 9.70. The first-order valence-corrected chi connectivity index (χ1v) is 11.9. The first-order valence-electron chi connectivity index (χ1n) is 10.0. The van der Waals surface area contributed by atoms with E-state index in [9.17, 15) is 9.18 Å². The van der Waals surface area contributed by atoms with Crippen LogP contribution in [0.4, 0.5) is 4.39 Å². The van der Waals surface area contributed by atoms with Gasteiger partial charge in [-0.3, -0.25) is 4.79 Å². The van der Waals surface area contributed by atoms with Gasteiger partial charge in [-0.1, -0.05) is 30.0 Å². The van der Waals surface area contributed by atoms with Gasteiger partial charge in [0.25, 0.3) is 11.1 Å². The Morgan fingerprint density at radius 1 is 1.25 bits per heavy atom. The maximum absolute atomic E-state index is 13.8. The number of ether oxygens (including phenoxy) is 1. The molecule has 0 saturated carbocycles. The third-order valence-corrected chi connectivity index (χ3v) is 6.68. The van der Waals surface area contributed by atoms with Crippen molar-refractivity contribution in [3.05, 3.63) is 81.4 Å². The monoisotopic (exact) mass is 471 g/mol. The quantitative estimate of drug-likeness (QED) is 0.225. The summed E-state index contributed by atoms with van der Waals surface area (Å²) < 4.78 is 27.1. The van der Waals surface area contributed by atoms with Gasteiger partial charge in [-0.2, -0.15) is 0 Å². The van der Waals surface area contributed by atoms with Crippen molar-refractivity contribution >= 4 is 28.9 Å². The van der Waals surface area contributed by atoms with E-state index in [1.165, 1.54) is 28.8 Å². The Morgan fingerprint density at radius 3 is 2.81 bits per heavy atom. The van der Waals surface area contributed by atoms with Crippen molar-refractivity contribution in [1.82, 2.24) is 14.8 Å². The van der Waals surface area contributed by atoms with Crippen molar-refractivity contribution in [1.29, 1.82) is 0 Å². The number of thiophene rings is 1. The van der Waals surface area contributed by atoms with Crippen molar-refractivity contribution in [3.8, 4) is 5.75 Å². The van der Waals surface area contributed by atoms with Crippen LogP contribution < -0.4 is 4.74 Å². The summed E-state index contributed by atoms with van der Waals surface area (Å²) in [6.07, 6.45) is -0.624. The molecule has 0 aliphatic rings. The highest BCUT2D eigenvalue weighted by Crippen LogP contribution is 2.27. The van der Waals surface area contributed by atoms with E-state index in [4.69, 9.17) is 9.15 Å². The van der Waals surface area contributed by atoms with Crippen molar-refractivity contribution in [2.24, 2.45) is 0 Å². The molecular formula is C23H22FN3O3S2. The number of hydrogen-bond acceptors (Lipinski definition) is 7. The minimum absolute atomic E-state index is 0.00376. The van der Waals surface area contributed by atoms with Crippen LogP contribution >= 0.6 is 23.1 Å². The Morgan fingerprint density at radius 2 is 2.06 bits per heavy atom. The summed E-state index contributed by atoms with van der Waals surface area (Å²) in [6, 6.07) is 12.2. The van der Waals surface area contributed by atoms with E-state index in [1.807, 2.05) is 31.4 Å². The summed E-state index contributed by atoms with van der Waals surface area (Å²) in [5.74, 6) is 0.0394. The lowest BCUT2D eigenvalue weighted by Crippen LogP contribution is -2.07. The minimum atomic E-state index is -0.624. The van der Waals surface area contributed by atoms with Gasteiger partial charge in [-0.15, -0.1) is 21.5 Å². The van der Waals surface area contributed by atoms with Crippen LogP contribution in [-0.2, 0) is 6.54 Å². The fourth-order valence-electron chi connectivity index (χ4n) is 3.31. The lowest BCUT2D eigenvalue weighted by molar-refractivity contribution is 0.102. The van der Waals surface area contributed by atoms with Crippen LogP contribution in [0.1, 0.15) is 45.5 Å². The first kappa shape index (κ1) is 22.3. The molecule has 0 spiro atoms. The molecule has 0 amide bonds. The summed E-state index contributed by atoms with van der Waals surface area (Å²) in [5, 5.41) is 10.3. The molecular weight excluding hydrogens is 449 g/mol. The number of para-hydroxylation sites is 1. The Hall–Kier alpha value is -2.91. The summed E-state index contributed by atoms with van der Waals surface area (Å²) >= 11 is 2.87. The minimum Gasteiger partial charge on any atom is -0.478 e. The van der Waals surface area contributed by atoms with Gasteiger partial charge in [0.1, 0.15) is 0 Å². The van der Waals surface area contributed by atoms with E-state index in [1.54, 1.807) is 30.4 Å². The summed E-state index contributed by atoms with van der Waals surface area (Å²) in [5.41, 5.74) is 2.69. The fraction of sp³-hybridized carbons (Fsp3) is 0.261. The number of ketones is 1. The van der Waals surface area contributed by atoms with Gasteiger partial charge < -0.3 is 13.7 Å². The first-order chi connectivity index (χ1) is 15.4. The summed E-state index contributed by atoms with van der Waals surface area (Å²) in [7, 11) is 0. The molecule has 9 heteroatoms. The molecule has 0 radical (unpaired) electrons. The fourth-order valence-corrected chi connectivity index (χ4v) is 4.66. The number of aromatic nitrogens is 3. The van der Waals surface area contributed by atoms with Gasteiger partial charge >= 0.3 is 0 Å². The van der Waals surface area contributed by atoms with Crippen LogP contribution in [-0.4, -0.2) is 26.3 Å². The number of hydrogen-bond donors (Lipinski definition) is 0. The second-order valence-electron chi connectivity index (χ2n) is 7.26. The number of carbonyl (C=O) groups is 1. The molecule has 0 fully saturated rings. The van der Waals surface area contributed by atoms with Crippen molar-refractivity contribution in [3.63, 3.8) is 0 Å². The number of aryl methyl sites for hydroxylation is 1. The Kier molecular flexibility index (Phi) is 6.76. The van der Waals surface area contributed by atoms with E-state index in [-0.39, 0.29) is 28.4 Å². The van der Waals surface area contributed by atoms with E-state index in [2.05, 4.69) is 20.8 Å². The molecule has 0 bridgehead atoms. The average molecular weight is 472 g/mol. The van der Waals surface area contributed by atoms with Gasteiger partial charge in [-0.05, 0) is 50.4 Å². The zero-order chi connectivity index (χ0) is 22.7. The molecule has 1 atom stereocenters. The van der Waals surface area contributed by atoms with Crippen LogP contribution in [0.2, 0.25) is 0 Å². The lowest BCUT2D eigenvalue weighted by atomic mass is 10.2. The van der Waals surface area contributed by atoms with Crippen molar-refractivity contribution < 1.29 is 18.3 Å². The van der Waals surface area contributed by atoms with E-state index in [0.717, 1.165) is 17.9 Å². The van der Waals surface area contributed by atoms with Crippen LogP contribution in [0, 0.1) is 19.7 Å². The molecule has 4 aromatic rings. The van der Waals surface area contributed by atoms with Gasteiger partial charge in [0, 0.05) is 21.8 Å². The smallest absolute Gasteiger partial charge is 0.277 e. The molecule has 166 valence electrons. The standard InChI is InChI=1S/C23H22FN3O3S2/c1-14-11-18(15(2)27(14)12-17-7-6-10-31-17)20(28)13-32-23-26-25-22(30-23)16(3)29-21-9-5-4-8-19(21)24/h4-11,16H,12-13H2,1-3H3/t16-/m0/s1. The maximum atomic E-state index is 13.8. The van der Waals surface area contributed by atoms with Crippen molar-refractivity contribution in [2.45, 2.75) is 38.6 Å². The number of nitrogens with zero attached hydrogens (tertiary/aromatic N) is 3. The number of rotatable bonds is 9. The molecule has 0 N–H and O–H groups in total. The molecule has 0 aliphatic heterocycles. The van der Waals surface area contributed by atoms with Crippen LogP contribution in [0.15, 0.2) is 57.5 Å². The lowest BCUT2D eigenvalue weighted by Gasteiger charge is -2.11. The third-order valence-electron chi connectivity index (χ3n) is 5.01. The highest BCUT2D eigenvalue weighted by molar-refractivity contribution is 7.99. The molecule has 3 heterocycles. The third kappa shape index (κ3) is 4.94. The molecule has 1 aromatic carbocycles. The van der Waals surface area contributed by atoms with Crippen LogP contribution in [0.5, 0.6) is 5.75 Å². The molecule has 0 unspecified atom stereocenters. The molecule has 0 saturated heterocycles. The number of carbonyl (C=O) groups excluding carboxylic acids is 1. The SMILES string of the molecule is Cc1cc(C(=O)CSc2nnc([C@H](C)Oc3ccccc3F)o2)c(C)n1Cc1cccs1. The zero-order valence-corrected chi connectivity index (χ0v) is 19.5. The summed E-state index contributed by atoms with van der Waals surface area (Å²) in [6.45, 7) is 6.42. The van der Waals surface area contributed by atoms with Gasteiger partial charge in [-0.25, -0.2) is 4.39 Å². The van der Waals surface area contributed by atoms with E-state index < -0.39 is 11.9 Å². The number of Topliss-reactive ketones (excluding diaryl/α,β-unsaturated/α-hetero) is 1. The second-order valence-corrected chi connectivity index (χ2v) is 9.22. The Balaban J connectivity index is 1.38. The molecule has 3 aromatic heterocycles. The van der Waals surface area contributed by atoms with Gasteiger partial charge in [0.05, 0.1) is 12.3 Å². The topological polar surface area (TPSA) is 70.2 Å². The molecule has 4 rings (SSSR count). The Labute approximate surface area is 193 Å². The highest BCUT2D eigenvalue weighted by Gasteiger charge is 2.20. The summed E-state index contributed by atoms with van der Waals surface area (Å²) in [4.78, 5) is 14.1. The normalized spacial score (nSPS) is 12.1.